The first-order chi connectivity index (χ1) is 5.81. The molecule has 0 aromatic carbocycles. The van der Waals surface area contributed by atoms with Crippen molar-refractivity contribution in [3.63, 3.8) is 0 Å². The maximum Gasteiger partial charge on any atom is 0.194 e. The number of fused-ring (bicyclic) bond motifs is 1. The van der Waals surface area contributed by atoms with E-state index in [9.17, 15) is 0 Å². The number of aryl methyl sites for hydroxylation is 1. The average molecular weight is 166 g/mol. The molecule has 1 aliphatic rings. The summed E-state index contributed by atoms with van der Waals surface area (Å²) in [6.45, 7) is 5.20. The molecule has 1 aromatic rings. The Morgan fingerprint density at radius 2 is 2.50 bits per heavy atom. The number of aromatic nitrogens is 1. The highest BCUT2D eigenvalue weighted by molar-refractivity contribution is 5.17. The van der Waals surface area contributed by atoms with Crippen molar-refractivity contribution >= 4 is 0 Å². The standard InChI is InChI=1S/C9H14N2O/c1-3-8-11-7-4-5-10-6(2)9(7)12-8/h6,10H,3-5H2,1-2H3. The largest absolute Gasteiger partial charge is 0.444 e. The summed E-state index contributed by atoms with van der Waals surface area (Å²) < 4.78 is 5.59. The summed E-state index contributed by atoms with van der Waals surface area (Å²) in [6.07, 6.45) is 1.89. The van der Waals surface area contributed by atoms with Gasteiger partial charge in [0.1, 0.15) is 5.76 Å². The number of hydrogen-bond acceptors (Lipinski definition) is 3. The van der Waals surface area contributed by atoms with E-state index in [1.165, 1.54) is 0 Å². The van der Waals surface area contributed by atoms with Crippen LogP contribution in [0.1, 0.15) is 37.2 Å². The maximum atomic E-state index is 5.59. The Morgan fingerprint density at radius 1 is 1.67 bits per heavy atom. The van der Waals surface area contributed by atoms with Crippen LogP contribution in [0.3, 0.4) is 0 Å². The zero-order valence-corrected chi connectivity index (χ0v) is 7.55. The van der Waals surface area contributed by atoms with E-state index in [0.29, 0.717) is 6.04 Å². The summed E-state index contributed by atoms with van der Waals surface area (Å²) in [4.78, 5) is 4.41. The summed E-state index contributed by atoms with van der Waals surface area (Å²) in [7, 11) is 0. The zero-order chi connectivity index (χ0) is 8.55. The Morgan fingerprint density at radius 3 is 3.17 bits per heavy atom. The molecular weight excluding hydrogens is 152 g/mol. The molecule has 0 aliphatic carbocycles. The molecule has 3 nitrogen and oxygen atoms in total. The first kappa shape index (κ1) is 7.80. The van der Waals surface area contributed by atoms with Crippen LogP contribution in [0.5, 0.6) is 0 Å². The van der Waals surface area contributed by atoms with Crippen LogP contribution in [-0.4, -0.2) is 11.5 Å². The summed E-state index contributed by atoms with van der Waals surface area (Å²) in [5, 5.41) is 3.34. The molecule has 0 amide bonds. The predicted molar refractivity (Wildman–Crippen MR) is 46.0 cm³/mol. The third-order valence-corrected chi connectivity index (χ3v) is 2.28. The van der Waals surface area contributed by atoms with Crippen molar-refractivity contribution in [3.8, 4) is 0 Å². The number of oxazole rings is 1. The normalized spacial score (nSPS) is 22.3. The lowest BCUT2D eigenvalue weighted by atomic mass is 10.1. The van der Waals surface area contributed by atoms with Crippen molar-refractivity contribution in [2.45, 2.75) is 32.7 Å². The van der Waals surface area contributed by atoms with Crippen LogP contribution in [0, 0.1) is 0 Å². The lowest BCUT2D eigenvalue weighted by Gasteiger charge is -2.16. The molecule has 1 unspecified atom stereocenters. The third-order valence-electron chi connectivity index (χ3n) is 2.28. The Bertz CT molecular complexity index is 280. The second-order valence-corrected chi connectivity index (χ2v) is 3.20. The minimum absolute atomic E-state index is 0.335. The molecule has 1 aromatic heterocycles. The van der Waals surface area contributed by atoms with Gasteiger partial charge >= 0.3 is 0 Å². The van der Waals surface area contributed by atoms with Crippen LogP contribution in [0.15, 0.2) is 4.42 Å². The van der Waals surface area contributed by atoms with Gasteiger partial charge in [0.25, 0.3) is 0 Å². The van der Waals surface area contributed by atoms with Crippen molar-refractivity contribution in [3.05, 3.63) is 17.3 Å². The molecule has 0 fully saturated rings. The Kier molecular flexibility index (Phi) is 1.89. The summed E-state index contributed by atoms with van der Waals surface area (Å²) in [5.41, 5.74) is 1.15. The van der Waals surface area contributed by atoms with Gasteiger partial charge in [0, 0.05) is 19.4 Å². The van der Waals surface area contributed by atoms with Gasteiger partial charge in [-0.1, -0.05) is 6.92 Å². The summed E-state index contributed by atoms with van der Waals surface area (Å²) >= 11 is 0. The number of hydrogen-bond donors (Lipinski definition) is 1. The molecule has 0 saturated heterocycles. The van der Waals surface area contributed by atoms with Crippen molar-refractivity contribution in [1.29, 1.82) is 0 Å². The molecule has 3 heteroatoms. The fourth-order valence-corrected chi connectivity index (χ4v) is 1.58. The predicted octanol–water partition coefficient (Wildman–Crippen LogP) is 1.44. The van der Waals surface area contributed by atoms with Crippen molar-refractivity contribution in [2.75, 3.05) is 6.54 Å². The highest BCUT2D eigenvalue weighted by Crippen LogP contribution is 2.23. The van der Waals surface area contributed by atoms with E-state index < -0.39 is 0 Å². The molecule has 2 rings (SSSR count). The van der Waals surface area contributed by atoms with Crippen LogP contribution >= 0.6 is 0 Å². The van der Waals surface area contributed by atoms with Gasteiger partial charge in [0.2, 0.25) is 0 Å². The molecular formula is C9H14N2O. The van der Waals surface area contributed by atoms with Crippen LogP contribution in [0.4, 0.5) is 0 Å². The van der Waals surface area contributed by atoms with Crippen molar-refractivity contribution < 1.29 is 4.42 Å². The minimum Gasteiger partial charge on any atom is -0.444 e. The second kappa shape index (κ2) is 2.90. The van der Waals surface area contributed by atoms with Gasteiger partial charge in [-0.15, -0.1) is 0 Å². The van der Waals surface area contributed by atoms with Gasteiger partial charge in [-0.05, 0) is 6.92 Å². The lowest BCUT2D eigenvalue weighted by molar-refractivity contribution is 0.390. The van der Waals surface area contributed by atoms with Gasteiger partial charge in [-0.3, -0.25) is 0 Å². The van der Waals surface area contributed by atoms with Crippen molar-refractivity contribution in [1.82, 2.24) is 10.3 Å². The average Bonchev–Trinajstić information content (AvgIpc) is 2.49. The molecule has 0 spiro atoms. The van der Waals surface area contributed by atoms with Crippen LogP contribution < -0.4 is 5.32 Å². The summed E-state index contributed by atoms with van der Waals surface area (Å²) in [5.74, 6) is 1.91. The molecule has 66 valence electrons. The Balaban J connectivity index is 2.37. The zero-order valence-electron chi connectivity index (χ0n) is 7.55. The smallest absolute Gasteiger partial charge is 0.194 e. The fourth-order valence-electron chi connectivity index (χ4n) is 1.58. The molecule has 12 heavy (non-hydrogen) atoms. The molecule has 1 N–H and O–H groups in total. The minimum atomic E-state index is 0.335. The van der Waals surface area contributed by atoms with Crippen molar-refractivity contribution in [2.24, 2.45) is 0 Å². The molecule has 0 bridgehead atoms. The highest BCUT2D eigenvalue weighted by atomic mass is 16.4. The quantitative estimate of drug-likeness (QED) is 0.686. The Labute approximate surface area is 72.2 Å². The highest BCUT2D eigenvalue weighted by Gasteiger charge is 2.21. The number of nitrogens with one attached hydrogen (secondary N) is 1. The number of rotatable bonds is 1. The fraction of sp³-hybridized carbons (Fsp3) is 0.667. The molecule has 1 aliphatic heterocycles. The summed E-state index contributed by atoms with van der Waals surface area (Å²) in [6, 6.07) is 0.335. The van der Waals surface area contributed by atoms with Gasteiger partial charge in [0.05, 0.1) is 11.7 Å². The van der Waals surface area contributed by atoms with Gasteiger partial charge < -0.3 is 9.73 Å². The SMILES string of the molecule is CCc1nc2c(o1)C(C)NCC2. The van der Waals surface area contributed by atoms with Gasteiger partial charge in [0.15, 0.2) is 5.89 Å². The third kappa shape index (κ3) is 1.14. The molecule has 0 radical (unpaired) electrons. The topological polar surface area (TPSA) is 38.1 Å². The maximum absolute atomic E-state index is 5.59. The van der Waals surface area contributed by atoms with E-state index in [0.717, 1.165) is 36.7 Å². The van der Waals surface area contributed by atoms with Crippen LogP contribution in [-0.2, 0) is 12.8 Å². The van der Waals surface area contributed by atoms with Crippen LogP contribution in [0.25, 0.3) is 0 Å². The molecule has 1 atom stereocenters. The van der Waals surface area contributed by atoms with E-state index >= 15 is 0 Å². The second-order valence-electron chi connectivity index (χ2n) is 3.20. The van der Waals surface area contributed by atoms with Gasteiger partial charge in [-0.2, -0.15) is 0 Å². The van der Waals surface area contributed by atoms with E-state index in [1.807, 2.05) is 0 Å². The lowest BCUT2D eigenvalue weighted by Crippen LogP contribution is -2.26. The first-order valence-corrected chi connectivity index (χ1v) is 4.53. The van der Waals surface area contributed by atoms with E-state index in [1.54, 1.807) is 0 Å². The van der Waals surface area contributed by atoms with E-state index in [2.05, 4.69) is 24.1 Å². The van der Waals surface area contributed by atoms with E-state index in [-0.39, 0.29) is 0 Å². The van der Waals surface area contributed by atoms with Gasteiger partial charge in [-0.25, -0.2) is 4.98 Å². The molecule has 2 heterocycles. The monoisotopic (exact) mass is 166 g/mol. The number of nitrogens with zero attached hydrogens (tertiary/aromatic N) is 1. The van der Waals surface area contributed by atoms with Crippen LogP contribution in [0.2, 0.25) is 0 Å². The first-order valence-electron chi connectivity index (χ1n) is 4.53. The van der Waals surface area contributed by atoms with E-state index in [4.69, 9.17) is 4.42 Å². The molecule has 0 saturated carbocycles. The Hall–Kier alpha value is -0.830.